The molecule has 0 aromatic rings. The molecule has 3 rings (SSSR count). The largest absolute Gasteiger partial charge is 0.380 e. The molecule has 5 heteroatoms. The molecule has 114 valence electrons. The second kappa shape index (κ2) is 5.11. The van der Waals surface area contributed by atoms with Crippen molar-refractivity contribution in [3.63, 3.8) is 0 Å². The predicted octanol–water partition coefficient (Wildman–Crippen LogP) is 1.17. The van der Waals surface area contributed by atoms with Gasteiger partial charge in [-0.05, 0) is 32.8 Å². The van der Waals surface area contributed by atoms with Crippen LogP contribution in [0.4, 0.5) is 0 Å². The molecule has 1 spiro atoms. The first-order chi connectivity index (χ1) is 9.96. The Morgan fingerprint density at radius 1 is 1.29 bits per heavy atom. The lowest BCUT2D eigenvalue weighted by molar-refractivity contribution is -0.204. The van der Waals surface area contributed by atoms with Crippen molar-refractivity contribution in [2.75, 3.05) is 39.4 Å². The molecule has 3 saturated heterocycles. The minimum atomic E-state index is -0.263. The highest BCUT2D eigenvalue weighted by Crippen LogP contribution is 2.41. The van der Waals surface area contributed by atoms with Crippen molar-refractivity contribution in [1.29, 1.82) is 5.26 Å². The summed E-state index contributed by atoms with van der Waals surface area (Å²) in [6.07, 6.45) is 3.94. The molecule has 3 aliphatic heterocycles. The summed E-state index contributed by atoms with van der Waals surface area (Å²) in [5, 5.41) is 9.35. The molecule has 0 saturated carbocycles. The van der Waals surface area contributed by atoms with Crippen LogP contribution < -0.4 is 0 Å². The van der Waals surface area contributed by atoms with Crippen LogP contribution in [0, 0.1) is 16.7 Å². The molecule has 0 radical (unpaired) electrons. The highest BCUT2D eigenvalue weighted by molar-refractivity contribution is 5.97. The van der Waals surface area contributed by atoms with Crippen molar-refractivity contribution in [3.05, 3.63) is 11.6 Å². The lowest BCUT2D eigenvalue weighted by atomic mass is 9.75. The molecular formula is C16H23N3O2. The van der Waals surface area contributed by atoms with E-state index in [1.807, 2.05) is 6.08 Å². The molecule has 3 heterocycles. The number of hydrogen-bond acceptors (Lipinski definition) is 4. The Bertz CT molecular complexity index is 500. The van der Waals surface area contributed by atoms with Crippen LogP contribution >= 0.6 is 0 Å². The van der Waals surface area contributed by atoms with Crippen LogP contribution in [0.3, 0.4) is 0 Å². The minimum absolute atomic E-state index is 0.106. The SMILES string of the molecule is CC(C)(/C=C(\C#N)C(=O)N1CCCC1)N1CC2(COC2)C1. The van der Waals surface area contributed by atoms with Crippen LogP contribution in [-0.2, 0) is 9.53 Å². The summed E-state index contributed by atoms with van der Waals surface area (Å²) in [4.78, 5) is 16.5. The first-order valence-electron chi connectivity index (χ1n) is 7.71. The van der Waals surface area contributed by atoms with Crippen LogP contribution in [0.2, 0.25) is 0 Å². The fourth-order valence-electron chi connectivity index (χ4n) is 3.42. The van der Waals surface area contributed by atoms with E-state index in [1.165, 1.54) is 0 Å². The lowest BCUT2D eigenvalue weighted by Crippen LogP contribution is -2.70. The van der Waals surface area contributed by atoms with Crippen molar-refractivity contribution in [2.45, 2.75) is 32.2 Å². The van der Waals surface area contributed by atoms with Gasteiger partial charge in [0.1, 0.15) is 11.6 Å². The molecule has 0 aromatic carbocycles. The van der Waals surface area contributed by atoms with Gasteiger partial charge in [-0.1, -0.05) is 0 Å². The number of amides is 1. The fraction of sp³-hybridized carbons (Fsp3) is 0.750. The molecule has 0 unspecified atom stereocenters. The Kier molecular flexibility index (Phi) is 3.54. The monoisotopic (exact) mass is 289 g/mol. The van der Waals surface area contributed by atoms with E-state index in [4.69, 9.17) is 4.74 Å². The van der Waals surface area contributed by atoms with Crippen LogP contribution in [0.1, 0.15) is 26.7 Å². The Hall–Kier alpha value is -1.38. The van der Waals surface area contributed by atoms with Crippen molar-refractivity contribution >= 4 is 5.91 Å². The van der Waals surface area contributed by atoms with Gasteiger partial charge >= 0.3 is 0 Å². The summed E-state index contributed by atoms with van der Waals surface area (Å²) >= 11 is 0. The molecule has 5 nitrogen and oxygen atoms in total. The Balaban J connectivity index is 1.68. The van der Waals surface area contributed by atoms with E-state index in [-0.39, 0.29) is 17.0 Å². The lowest BCUT2D eigenvalue weighted by Gasteiger charge is -2.59. The summed E-state index contributed by atoms with van der Waals surface area (Å²) in [6.45, 7) is 9.40. The van der Waals surface area contributed by atoms with E-state index >= 15 is 0 Å². The van der Waals surface area contributed by atoms with Gasteiger partial charge in [0.15, 0.2) is 0 Å². The molecule has 0 aliphatic carbocycles. The van der Waals surface area contributed by atoms with Gasteiger partial charge < -0.3 is 9.64 Å². The number of ether oxygens (including phenoxy) is 1. The second-order valence-corrected chi connectivity index (χ2v) is 7.17. The fourth-order valence-corrected chi connectivity index (χ4v) is 3.42. The topological polar surface area (TPSA) is 56.6 Å². The van der Waals surface area contributed by atoms with E-state index in [9.17, 15) is 10.1 Å². The molecule has 0 N–H and O–H groups in total. The first kappa shape index (κ1) is 14.6. The van der Waals surface area contributed by atoms with Crippen LogP contribution in [-0.4, -0.2) is 60.6 Å². The maximum atomic E-state index is 12.4. The molecule has 0 aromatic heterocycles. The molecule has 3 fully saturated rings. The number of nitriles is 1. The summed E-state index contributed by atoms with van der Waals surface area (Å²) in [5.41, 5.74) is 0.366. The zero-order valence-electron chi connectivity index (χ0n) is 12.9. The number of rotatable bonds is 3. The van der Waals surface area contributed by atoms with Crippen molar-refractivity contribution in [1.82, 2.24) is 9.80 Å². The maximum Gasteiger partial charge on any atom is 0.264 e. The van der Waals surface area contributed by atoms with Crippen molar-refractivity contribution < 1.29 is 9.53 Å². The van der Waals surface area contributed by atoms with Gasteiger partial charge in [-0.2, -0.15) is 5.26 Å². The van der Waals surface area contributed by atoms with Crippen molar-refractivity contribution in [3.8, 4) is 6.07 Å². The number of hydrogen-bond donors (Lipinski definition) is 0. The normalized spacial score (nSPS) is 25.4. The predicted molar refractivity (Wildman–Crippen MR) is 78.4 cm³/mol. The van der Waals surface area contributed by atoms with Gasteiger partial charge in [0, 0.05) is 37.1 Å². The second-order valence-electron chi connectivity index (χ2n) is 7.17. The van der Waals surface area contributed by atoms with Crippen LogP contribution in [0.25, 0.3) is 0 Å². The summed E-state index contributed by atoms with van der Waals surface area (Å²) < 4.78 is 5.29. The number of carbonyl (C=O) groups is 1. The van der Waals surface area contributed by atoms with E-state index in [1.54, 1.807) is 4.90 Å². The smallest absolute Gasteiger partial charge is 0.264 e. The summed E-state index contributed by atoms with van der Waals surface area (Å²) in [7, 11) is 0. The first-order valence-corrected chi connectivity index (χ1v) is 7.71. The van der Waals surface area contributed by atoms with E-state index < -0.39 is 0 Å². The average Bonchev–Trinajstić information content (AvgIpc) is 2.85. The Morgan fingerprint density at radius 3 is 2.38 bits per heavy atom. The molecule has 1 amide bonds. The van der Waals surface area contributed by atoms with Gasteiger partial charge in [-0.15, -0.1) is 0 Å². The third kappa shape index (κ3) is 2.58. The molecule has 0 atom stereocenters. The highest BCUT2D eigenvalue weighted by Gasteiger charge is 2.52. The van der Waals surface area contributed by atoms with Crippen molar-refractivity contribution in [2.24, 2.45) is 5.41 Å². The highest BCUT2D eigenvalue weighted by atomic mass is 16.5. The van der Waals surface area contributed by atoms with E-state index in [0.717, 1.165) is 52.2 Å². The van der Waals surface area contributed by atoms with Gasteiger partial charge in [0.2, 0.25) is 0 Å². The standard InChI is InChI=1S/C16H23N3O2/c1-15(2,19-9-16(10-19)11-21-12-16)7-13(8-17)14(20)18-5-3-4-6-18/h7H,3-6,9-12H2,1-2H3/b13-7+. The van der Waals surface area contributed by atoms with E-state index in [0.29, 0.717) is 5.41 Å². The molecule has 3 aliphatic rings. The van der Waals surface area contributed by atoms with Crippen LogP contribution in [0.5, 0.6) is 0 Å². The van der Waals surface area contributed by atoms with Crippen LogP contribution in [0.15, 0.2) is 11.6 Å². The third-order valence-corrected chi connectivity index (χ3v) is 4.93. The molecular weight excluding hydrogens is 266 g/mol. The van der Waals surface area contributed by atoms with Gasteiger partial charge in [0.25, 0.3) is 5.91 Å². The number of carbonyl (C=O) groups excluding carboxylic acids is 1. The Labute approximate surface area is 126 Å². The van der Waals surface area contributed by atoms with Gasteiger partial charge in [-0.25, -0.2) is 0 Å². The molecule has 21 heavy (non-hydrogen) atoms. The minimum Gasteiger partial charge on any atom is -0.380 e. The quantitative estimate of drug-likeness (QED) is 0.578. The van der Waals surface area contributed by atoms with Gasteiger partial charge in [-0.3, -0.25) is 9.69 Å². The molecule has 0 bridgehead atoms. The summed E-state index contributed by atoms with van der Waals surface area (Å²) in [5.74, 6) is -0.106. The van der Waals surface area contributed by atoms with E-state index in [2.05, 4.69) is 24.8 Å². The number of likely N-dealkylation sites (tertiary alicyclic amines) is 2. The average molecular weight is 289 g/mol. The summed E-state index contributed by atoms with van der Waals surface area (Å²) in [6, 6.07) is 2.11. The maximum absolute atomic E-state index is 12.4. The number of nitrogens with zero attached hydrogens (tertiary/aromatic N) is 3. The zero-order valence-corrected chi connectivity index (χ0v) is 12.9. The zero-order chi connectivity index (χ0) is 15.1. The van der Waals surface area contributed by atoms with Gasteiger partial charge in [0.05, 0.1) is 13.2 Å². The third-order valence-electron chi connectivity index (χ3n) is 4.93. The Morgan fingerprint density at radius 2 is 1.90 bits per heavy atom.